The largest absolute Gasteiger partial charge is 0.353 e. The van der Waals surface area contributed by atoms with Gasteiger partial charge in [-0.2, -0.15) is 0 Å². The molecule has 7 rings (SSSR count). The topological polar surface area (TPSA) is 41.4 Å². The van der Waals surface area contributed by atoms with Gasteiger partial charge in [-0.05, 0) is 41.5 Å². The van der Waals surface area contributed by atoms with E-state index in [1.54, 1.807) is 0 Å². The van der Waals surface area contributed by atoms with E-state index >= 15 is 0 Å². The highest BCUT2D eigenvalue weighted by Gasteiger charge is 2.27. The number of benzene rings is 4. The summed E-state index contributed by atoms with van der Waals surface area (Å²) in [5.74, 6) is 7.22. The van der Waals surface area contributed by atoms with Crippen molar-refractivity contribution in [3.63, 3.8) is 0 Å². The summed E-state index contributed by atoms with van der Waals surface area (Å²) in [5, 5.41) is 9.84. The van der Waals surface area contributed by atoms with Crippen molar-refractivity contribution in [2.24, 2.45) is 10.9 Å². The van der Waals surface area contributed by atoms with Crippen LogP contribution >= 0.6 is 0 Å². The maximum atomic E-state index is 5.14. The van der Waals surface area contributed by atoms with Crippen LogP contribution in [-0.4, -0.2) is 10.4 Å². The van der Waals surface area contributed by atoms with Crippen molar-refractivity contribution in [1.82, 2.24) is 15.2 Å². The van der Waals surface area contributed by atoms with Gasteiger partial charge in [-0.15, -0.1) is 0 Å². The van der Waals surface area contributed by atoms with Crippen LogP contribution in [-0.2, 0) is 0 Å². The van der Waals surface area contributed by atoms with Crippen molar-refractivity contribution in [1.29, 1.82) is 0 Å². The molecule has 4 heteroatoms. The third-order valence-electron chi connectivity index (χ3n) is 7.17. The Hall–Kier alpha value is -4.85. The zero-order chi connectivity index (χ0) is 25.3. The summed E-state index contributed by atoms with van der Waals surface area (Å²) in [6.45, 7) is 0. The maximum absolute atomic E-state index is 5.14. The zero-order valence-corrected chi connectivity index (χ0v) is 20.8. The number of rotatable bonds is 4. The molecule has 4 aromatic carbocycles. The van der Waals surface area contributed by atoms with Crippen molar-refractivity contribution >= 4 is 27.6 Å². The van der Waals surface area contributed by atoms with Gasteiger partial charge < -0.3 is 9.88 Å². The van der Waals surface area contributed by atoms with E-state index in [9.17, 15) is 0 Å². The minimum atomic E-state index is -0.226. The standard InChI is InChI=1S/C34H26N4/c1-2-5-14-24(13-4-1)32-35-33(25-15-6-3-7-16-25)37-34(36-32)26-17-12-18-27(23-26)38-30-21-10-8-19-28(30)29-20-9-11-22-31(29)38/h1-4,6-13,15-24,33-34,37H,(H,35,36). The fourth-order valence-corrected chi connectivity index (χ4v) is 5.39. The van der Waals surface area contributed by atoms with Crippen molar-refractivity contribution in [2.45, 2.75) is 12.3 Å². The van der Waals surface area contributed by atoms with Gasteiger partial charge in [0.25, 0.3) is 0 Å². The Labute approximate surface area is 222 Å². The normalized spacial score (nSPS) is 20.4. The quantitative estimate of drug-likeness (QED) is 0.272. The highest BCUT2D eigenvalue weighted by atomic mass is 15.3. The highest BCUT2D eigenvalue weighted by Crippen LogP contribution is 2.33. The lowest BCUT2D eigenvalue weighted by Gasteiger charge is -2.33. The van der Waals surface area contributed by atoms with E-state index in [-0.39, 0.29) is 18.2 Å². The lowest BCUT2D eigenvalue weighted by molar-refractivity contribution is 0.403. The molecule has 0 bridgehead atoms. The van der Waals surface area contributed by atoms with Crippen molar-refractivity contribution in [3.8, 4) is 17.5 Å². The van der Waals surface area contributed by atoms with E-state index < -0.39 is 0 Å². The van der Waals surface area contributed by atoms with Gasteiger partial charge in [0.15, 0.2) is 0 Å². The Kier molecular flexibility index (Phi) is 5.62. The first-order valence-electron chi connectivity index (χ1n) is 12.9. The second kappa shape index (κ2) is 9.55. The second-order valence-corrected chi connectivity index (χ2v) is 9.55. The van der Waals surface area contributed by atoms with Gasteiger partial charge in [0.05, 0.1) is 17.0 Å². The number of aliphatic imine (C=N–C) groups is 1. The summed E-state index contributed by atoms with van der Waals surface area (Å²) < 4.78 is 2.35. The molecule has 0 saturated heterocycles. The fraction of sp³-hybridized carbons (Fsp3) is 0.0882. The van der Waals surface area contributed by atoms with Crippen LogP contribution in [0, 0.1) is 17.8 Å². The van der Waals surface area contributed by atoms with Crippen LogP contribution in [0.5, 0.6) is 0 Å². The molecule has 0 spiro atoms. The zero-order valence-electron chi connectivity index (χ0n) is 20.8. The molecule has 0 amide bonds. The van der Waals surface area contributed by atoms with E-state index in [4.69, 9.17) is 4.99 Å². The third-order valence-corrected chi connectivity index (χ3v) is 7.17. The first-order valence-corrected chi connectivity index (χ1v) is 12.9. The van der Waals surface area contributed by atoms with E-state index in [1.165, 1.54) is 21.8 Å². The summed E-state index contributed by atoms with van der Waals surface area (Å²) in [6, 6.07) is 36.3. The Morgan fingerprint density at radius 1 is 0.711 bits per heavy atom. The average Bonchev–Trinajstić information content (AvgIpc) is 3.11. The number of fused-ring (bicyclic) bond motifs is 3. The van der Waals surface area contributed by atoms with Crippen LogP contribution < -0.4 is 10.6 Å². The van der Waals surface area contributed by atoms with E-state index in [2.05, 4.69) is 130 Å². The van der Waals surface area contributed by atoms with Gasteiger partial charge in [-0.1, -0.05) is 109 Å². The molecule has 1 aliphatic carbocycles. The van der Waals surface area contributed by atoms with Crippen LogP contribution in [0.3, 0.4) is 0 Å². The molecule has 0 saturated carbocycles. The van der Waals surface area contributed by atoms with Gasteiger partial charge in [-0.25, -0.2) is 4.99 Å². The van der Waals surface area contributed by atoms with Crippen LogP contribution in [0.4, 0.5) is 0 Å². The molecule has 1 aromatic heterocycles. The predicted molar refractivity (Wildman–Crippen MR) is 156 cm³/mol. The number of hydrogen-bond donors (Lipinski definition) is 2. The van der Waals surface area contributed by atoms with Crippen LogP contribution in [0.1, 0.15) is 23.5 Å². The minimum Gasteiger partial charge on any atom is -0.353 e. The molecule has 182 valence electrons. The number of nitrogens with one attached hydrogen (secondary N) is 2. The molecule has 2 heterocycles. The summed E-state index contributed by atoms with van der Waals surface area (Å²) in [4.78, 5) is 5.14. The summed E-state index contributed by atoms with van der Waals surface area (Å²) >= 11 is 0. The van der Waals surface area contributed by atoms with Crippen LogP contribution in [0.15, 0.2) is 132 Å². The maximum Gasteiger partial charge on any atom is 0.129 e. The third kappa shape index (κ3) is 4.00. The lowest BCUT2D eigenvalue weighted by Crippen LogP contribution is -2.46. The van der Waals surface area contributed by atoms with Gasteiger partial charge in [0.2, 0.25) is 0 Å². The van der Waals surface area contributed by atoms with E-state index in [0.29, 0.717) is 0 Å². The fourth-order valence-electron chi connectivity index (χ4n) is 5.39. The molecule has 3 unspecified atom stereocenters. The number of hydrogen-bond acceptors (Lipinski definition) is 3. The Morgan fingerprint density at radius 2 is 1.42 bits per heavy atom. The predicted octanol–water partition coefficient (Wildman–Crippen LogP) is 6.82. The number of allylic oxidation sites excluding steroid dienone is 3. The molecule has 1 aliphatic heterocycles. The Balaban J connectivity index is 1.34. The SMILES string of the molecule is C1#CC(C2=NC(c3cccc(-n4c5ccccc5c5ccccc54)c3)NC(c3ccccc3)N2)C=CC=C1. The minimum absolute atomic E-state index is 0.0861. The second-order valence-electron chi connectivity index (χ2n) is 9.55. The molecule has 4 nitrogen and oxygen atoms in total. The van der Waals surface area contributed by atoms with Crippen LogP contribution in [0.25, 0.3) is 27.5 Å². The molecule has 2 N–H and O–H groups in total. The number of aromatic nitrogens is 1. The van der Waals surface area contributed by atoms with Gasteiger partial charge >= 0.3 is 0 Å². The monoisotopic (exact) mass is 490 g/mol. The van der Waals surface area contributed by atoms with Crippen molar-refractivity contribution in [3.05, 3.63) is 139 Å². The first kappa shape index (κ1) is 22.4. The molecule has 38 heavy (non-hydrogen) atoms. The molecule has 0 radical (unpaired) electrons. The molecular formula is C34H26N4. The molecule has 0 fully saturated rings. The molecular weight excluding hydrogens is 464 g/mol. The smallest absolute Gasteiger partial charge is 0.129 e. The van der Waals surface area contributed by atoms with Gasteiger partial charge in [0.1, 0.15) is 18.2 Å². The lowest BCUT2D eigenvalue weighted by atomic mass is 10.0. The number of para-hydroxylation sites is 2. The molecule has 3 atom stereocenters. The molecule has 2 aliphatic rings. The van der Waals surface area contributed by atoms with Gasteiger partial charge in [0, 0.05) is 16.5 Å². The summed E-state index contributed by atoms with van der Waals surface area (Å²) in [6.07, 6.45) is 7.66. The Morgan fingerprint density at radius 3 is 2.21 bits per heavy atom. The highest BCUT2D eigenvalue weighted by molar-refractivity contribution is 6.09. The number of amidine groups is 1. The molecule has 5 aromatic rings. The average molecular weight is 491 g/mol. The summed E-state index contributed by atoms with van der Waals surface area (Å²) in [5.41, 5.74) is 5.77. The van der Waals surface area contributed by atoms with Crippen molar-refractivity contribution < 1.29 is 0 Å². The van der Waals surface area contributed by atoms with Crippen LogP contribution in [0.2, 0.25) is 0 Å². The van der Waals surface area contributed by atoms with Gasteiger partial charge in [-0.3, -0.25) is 5.32 Å². The number of nitrogens with zero attached hydrogens (tertiary/aromatic N) is 2. The Bertz CT molecular complexity index is 1740. The van der Waals surface area contributed by atoms with E-state index in [1.807, 2.05) is 24.3 Å². The summed E-state index contributed by atoms with van der Waals surface area (Å²) in [7, 11) is 0. The first-order chi connectivity index (χ1) is 18.8. The van der Waals surface area contributed by atoms with Crippen molar-refractivity contribution in [2.75, 3.05) is 0 Å². The van der Waals surface area contributed by atoms with E-state index in [0.717, 1.165) is 22.6 Å².